The van der Waals surface area contributed by atoms with E-state index in [2.05, 4.69) is 22.3 Å². The van der Waals surface area contributed by atoms with E-state index < -0.39 is 0 Å². The summed E-state index contributed by atoms with van der Waals surface area (Å²) < 4.78 is 0. The van der Waals surface area contributed by atoms with Gasteiger partial charge in [0.1, 0.15) is 0 Å². The molecule has 0 atom stereocenters. The van der Waals surface area contributed by atoms with E-state index in [1.807, 2.05) is 57.3 Å². The summed E-state index contributed by atoms with van der Waals surface area (Å²) in [5, 5.41) is 2.90. The molecule has 26 heavy (non-hydrogen) atoms. The molecule has 0 aliphatic carbocycles. The van der Waals surface area contributed by atoms with Crippen molar-refractivity contribution in [1.29, 1.82) is 0 Å². The van der Waals surface area contributed by atoms with Crippen LogP contribution < -0.4 is 10.2 Å². The van der Waals surface area contributed by atoms with Crippen LogP contribution in [0.3, 0.4) is 0 Å². The van der Waals surface area contributed by atoms with Crippen LogP contribution in [-0.4, -0.2) is 31.8 Å². The van der Waals surface area contributed by atoms with E-state index in [1.165, 1.54) is 5.56 Å². The molecule has 0 fully saturated rings. The fourth-order valence-corrected chi connectivity index (χ4v) is 2.73. The number of rotatable bonds is 9. The number of carbonyl (C=O) groups is 2. The minimum atomic E-state index is -0.0652. The highest BCUT2D eigenvalue weighted by Gasteiger charge is 2.10. The Kier molecular flexibility index (Phi) is 7.39. The van der Waals surface area contributed by atoms with Gasteiger partial charge in [0.2, 0.25) is 5.91 Å². The van der Waals surface area contributed by atoms with Gasteiger partial charge in [-0.1, -0.05) is 30.3 Å². The molecule has 0 saturated carbocycles. The van der Waals surface area contributed by atoms with Crippen molar-refractivity contribution in [2.45, 2.75) is 33.1 Å². The van der Waals surface area contributed by atoms with Gasteiger partial charge in [-0.05, 0) is 49.6 Å². The van der Waals surface area contributed by atoms with Gasteiger partial charge in [0.05, 0.1) is 0 Å². The topological polar surface area (TPSA) is 49.4 Å². The highest BCUT2D eigenvalue weighted by Crippen LogP contribution is 2.13. The average molecular weight is 352 g/mol. The monoisotopic (exact) mass is 352 g/mol. The zero-order chi connectivity index (χ0) is 18.9. The number of para-hydroxylation sites is 1. The summed E-state index contributed by atoms with van der Waals surface area (Å²) in [5.74, 6) is -0.0448. The standard InChI is InChI=1S/C22H28N2O2/c1-17-10-11-19(16-18(17)2)21(25)12-13-22(26)23-14-7-15-24(3)20-8-5-4-6-9-20/h4-6,8-11,16H,7,12-15H2,1-3H3,(H,23,26). The number of aryl methyl sites for hydroxylation is 2. The number of Topliss-reactive ketones (excluding diaryl/α,β-unsaturated/α-hetero) is 1. The molecule has 1 N–H and O–H groups in total. The molecule has 138 valence electrons. The third kappa shape index (κ3) is 6.03. The first-order chi connectivity index (χ1) is 12.5. The summed E-state index contributed by atoms with van der Waals surface area (Å²) >= 11 is 0. The van der Waals surface area contributed by atoms with Crippen molar-refractivity contribution in [3.63, 3.8) is 0 Å². The van der Waals surface area contributed by atoms with Crippen LogP contribution in [0.25, 0.3) is 0 Å². The number of benzene rings is 2. The normalized spacial score (nSPS) is 10.4. The lowest BCUT2D eigenvalue weighted by atomic mass is 10.0. The van der Waals surface area contributed by atoms with Gasteiger partial charge >= 0.3 is 0 Å². The molecule has 1 amide bonds. The predicted octanol–water partition coefficient (Wildman–Crippen LogP) is 3.91. The van der Waals surface area contributed by atoms with E-state index in [-0.39, 0.29) is 24.5 Å². The third-order valence-electron chi connectivity index (χ3n) is 4.60. The van der Waals surface area contributed by atoms with Crippen LogP contribution in [0.5, 0.6) is 0 Å². The first kappa shape index (κ1) is 19.7. The molecule has 2 rings (SSSR count). The van der Waals surface area contributed by atoms with Crippen LogP contribution in [0.15, 0.2) is 48.5 Å². The summed E-state index contributed by atoms with van der Waals surface area (Å²) in [6.07, 6.45) is 1.35. The van der Waals surface area contributed by atoms with E-state index in [0.717, 1.165) is 24.2 Å². The van der Waals surface area contributed by atoms with Crippen molar-refractivity contribution < 1.29 is 9.59 Å². The largest absolute Gasteiger partial charge is 0.375 e. The van der Waals surface area contributed by atoms with Crippen molar-refractivity contribution in [2.24, 2.45) is 0 Å². The number of hydrogen-bond donors (Lipinski definition) is 1. The van der Waals surface area contributed by atoms with E-state index in [9.17, 15) is 9.59 Å². The number of ketones is 1. The molecule has 0 spiro atoms. The Balaban J connectivity index is 1.65. The van der Waals surface area contributed by atoms with Crippen molar-refractivity contribution >= 4 is 17.4 Å². The third-order valence-corrected chi connectivity index (χ3v) is 4.60. The van der Waals surface area contributed by atoms with Crippen LogP contribution >= 0.6 is 0 Å². The maximum absolute atomic E-state index is 12.2. The van der Waals surface area contributed by atoms with Crippen molar-refractivity contribution in [1.82, 2.24) is 5.32 Å². The molecule has 0 aliphatic rings. The molecule has 0 unspecified atom stereocenters. The Morgan fingerprint density at radius 1 is 0.962 bits per heavy atom. The lowest BCUT2D eigenvalue weighted by molar-refractivity contribution is -0.121. The van der Waals surface area contributed by atoms with Gasteiger partial charge in [0.15, 0.2) is 5.78 Å². The van der Waals surface area contributed by atoms with Gasteiger partial charge in [-0.25, -0.2) is 0 Å². The minimum absolute atomic E-state index is 0.0204. The lowest BCUT2D eigenvalue weighted by Crippen LogP contribution is -2.28. The molecule has 0 saturated heterocycles. The van der Waals surface area contributed by atoms with Gasteiger partial charge in [-0.3, -0.25) is 9.59 Å². The molecule has 2 aromatic carbocycles. The Morgan fingerprint density at radius 2 is 1.69 bits per heavy atom. The van der Waals surface area contributed by atoms with Crippen LogP contribution in [0.4, 0.5) is 5.69 Å². The number of hydrogen-bond acceptors (Lipinski definition) is 3. The fourth-order valence-electron chi connectivity index (χ4n) is 2.73. The predicted molar refractivity (Wildman–Crippen MR) is 107 cm³/mol. The molecule has 0 radical (unpaired) electrons. The second-order valence-corrected chi connectivity index (χ2v) is 6.68. The minimum Gasteiger partial charge on any atom is -0.375 e. The molecule has 0 bridgehead atoms. The maximum atomic E-state index is 12.2. The molecular weight excluding hydrogens is 324 g/mol. The van der Waals surface area contributed by atoms with Crippen LogP contribution in [0, 0.1) is 13.8 Å². The number of nitrogens with one attached hydrogen (secondary N) is 1. The van der Waals surface area contributed by atoms with Gasteiger partial charge in [-0.2, -0.15) is 0 Å². The lowest BCUT2D eigenvalue weighted by Gasteiger charge is -2.19. The summed E-state index contributed by atoms with van der Waals surface area (Å²) in [6.45, 7) is 5.50. The average Bonchev–Trinajstić information content (AvgIpc) is 2.66. The summed E-state index contributed by atoms with van der Waals surface area (Å²) in [6, 6.07) is 15.8. The van der Waals surface area contributed by atoms with Crippen LogP contribution in [0.1, 0.15) is 40.7 Å². The molecule has 2 aromatic rings. The number of nitrogens with zero attached hydrogens (tertiary/aromatic N) is 1. The van der Waals surface area contributed by atoms with Gasteiger partial charge in [-0.15, -0.1) is 0 Å². The Hall–Kier alpha value is -2.62. The first-order valence-corrected chi connectivity index (χ1v) is 9.10. The highest BCUT2D eigenvalue weighted by atomic mass is 16.2. The number of carbonyl (C=O) groups excluding carboxylic acids is 2. The summed E-state index contributed by atoms with van der Waals surface area (Å²) in [7, 11) is 2.04. The molecule has 0 heterocycles. The molecule has 4 heteroatoms. The van der Waals surface area contributed by atoms with Gasteiger partial charge in [0.25, 0.3) is 0 Å². The van der Waals surface area contributed by atoms with Crippen molar-refractivity contribution in [2.75, 3.05) is 25.0 Å². The number of anilines is 1. The fraction of sp³-hybridized carbons (Fsp3) is 0.364. The summed E-state index contributed by atoms with van der Waals surface area (Å²) in [5.41, 5.74) is 4.12. The van der Waals surface area contributed by atoms with Crippen molar-refractivity contribution in [3.05, 3.63) is 65.2 Å². The van der Waals surface area contributed by atoms with E-state index in [1.54, 1.807) is 0 Å². The summed E-state index contributed by atoms with van der Waals surface area (Å²) in [4.78, 5) is 26.3. The second-order valence-electron chi connectivity index (χ2n) is 6.68. The van der Waals surface area contributed by atoms with E-state index in [4.69, 9.17) is 0 Å². The molecule has 0 aromatic heterocycles. The SMILES string of the molecule is Cc1ccc(C(=O)CCC(=O)NCCCN(C)c2ccccc2)cc1C. The smallest absolute Gasteiger partial charge is 0.220 e. The van der Waals surface area contributed by atoms with E-state index >= 15 is 0 Å². The van der Waals surface area contributed by atoms with Crippen LogP contribution in [-0.2, 0) is 4.79 Å². The van der Waals surface area contributed by atoms with Gasteiger partial charge < -0.3 is 10.2 Å². The van der Waals surface area contributed by atoms with Crippen molar-refractivity contribution in [3.8, 4) is 0 Å². The Morgan fingerprint density at radius 3 is 2.38 bits per heavy atom. The zero-order valence-electron chi connectivity index (χ0n) is 15.9. The maximum Gasteiger partial charge on any atom is 0.220 e. The molecular formula is C22H28N2O2. The number of amides is 1. The van der Waals surface area contributed by atoms with E-state index in [0.29, 0.717) is 12.1 Å². The second kappa shape index (κ2) is 9.76. The molecule has 0 aliphatic heterocycles. The quantitative estimate of drug-likeness (QED) is 0.550. The Bertz CT molecular complexity index is 741. The highest BCUT2D eigenvalue weighted by molar-refractivity contribution is 5.98. The Labute approximate surface area is 156 Å². The first-order valence-electron chi connectivity index (χ1n) is 9.10. The van der Waals surface area contributed by atoms with Crippen LogP contribution in [0.2, 0.25) is 0 Å². The van der Waals surface area contributed by atoms with Gasteiger partial charge in [0, 0.05) is 44.2 Å². The zero-order valence-corrected chi connectivity index (χ0v) is 15.9. The molecule has 4 nitrogen and oxygen atoms in total.